The van der Waals surface area contributed by atoms with Crippen LogP contribution in [-0.2, 0) is 0 Å². The summed E-state index contributed by atoms with van der Waals surface area (Å²) in [6, 6.07) is 7.10. The van der Waals surface area contributed by atoms with Crippen molar-refractivity contribution in [3.8, 4) is 11.6 Å². The molecule has 3 aromatic heterocycles. The number of nitrogens with zero attached hydrogens (tertiary/aromatic N) is 2. The minimum Gasteiger partial charge on any atom is -0.476 e. The van der Waals surface area contributed by atoms with Crippen LogP contribution in [0.3, 0.4) is 0 Å². The summed E-state index contributed by atoms with van der Waals surface area (Å²) in [5.74, 6) is -0.00615. The number of fused-ring (bicyclic) bond motifs is 1. The van der Waals surface area contributed by atoms with Gasteiger partial charge in [0.1, 0.15) is 0 Å². The van der Waals surface area contributed by atoms with E-state index in [2.05, 4.69) is 4.98 Å². The molecule has 0 aliphatic heterocycles. The van der Waals surface area contributed by atoms with Gasteiger partial charge < -0.3 is 9.52 Å². The van der Waals surface area contributed by atoms with Crippen molar-refractivity contribution in [1.29, 1.82) is 0 Å². The molecule has 90 valence electrons. The van der Waals surface area contributed by atoms with E-state index < -0.39 is 5.97 Å². The number of hydrogen-bond acceptors (Lipinski definition) is 3. The Hall–Kier alpha value is -2.56. The second-order valence-corrected chi connectivity index (χ2v) is 4.03. The summed E-state index contributed by atoms with van der Waals surface area (Å²) in [6.45, 7) is 1.94. The van der Waals surface area contributed by atoms with E-state index in [0.29, 0.717) is 17.1 Å². The molecule has 0 amide bonds. The first-order valence-electron chi connectivity index (χ1n) is 5.42. The molecule has 0 aromatic carbocycles. The Morgan fingerprint density at radius 1 is 1.39 bits per heavy atom. The van der Waals surface area contributed by atoms with Crippen LogP contribution in [0.5, 0.6) is 0 Å². The zero-order valence-electron chi connectivity index (χ0n) is 9.62. The molecule has 3 aromatic rings. The second kappa shape index (κ2) is 3.73. The summed E-state index contributed by atoms with van der Waals surface area (Å²) < 4.78 is 7.02. The number of aromatic carboxylic acids is 1. The van der Waals surface area contributed by atoms with Crippen LogP contribution in [0.25, 0.3) is 17.1 Å². The van der Waals surface area contributed by atoms with E-state index in [1.807, 2.05) is 19.2 Å². The monoisotopic (exact) mass is 242 g/mol. The molecule has 3 heterocycles. The predicted octanol–water partition coefficient (Wildman–Crippen LogP) is 2.60. The van der Waals surface area contributed by atoms with Gasteiger partial charge in [-0.05, 0) is 30.7 Å². The topological polar surface area (TPSA) is 67.7 Å². The quantitative estimate of drug-likeness (QED) is 0.750. The van der Waals surface area contributed by atoms with Gasteiger partial charge in [-0.2, -0.15) is 0 Å². The highest BCUT2D eigenvalue weighted by atomic mass is 16.4. The van der Waals surface area contributed by atoms with Gasteiger partial charge in [0.05, 0.1) is 11.8 Å². The maximum Gasteiger partial charge on any atom is 0.356 e. The number of carbonyl (C=O) groups is 1. The van der Waals surface area contributed by atoms with E-state index in [1.165, 1.54) is 6.26 Å². The zero-order valence-corrected chi connectivity index (χ0v) is 9.62. The molecule has 0 saturated heterocycles. The molecule has 5 nitrogen and oxygen atoms in total. The minimum absolute atomic E-state index is 0.0291. The van der Waals surface area contributed by atoms with E-state index in [4.69, 9.17) is 9.52 Å². The van der Waals surface area contributed by atoms with Crippen LogP contribution in [0.4, 0.5) is 0 Å². The van der Waals surface area contributed by atoms with Crippen LogP contribution in [0, 0.1) is 6.92 Å². The molecular weight excluding hydrogens is 232 g/mol. The summed E-state index contributed by atoms with van der Waals surface area (Å²) >= 11 is 0. The lowest BCUT2D eigenvalue weighted by molar-refractivity contribution is 0.0693. The van der Waals surface area contributed by atoms with Crippen LogP contribution >= 0.6 is 0 Å². The molecule has 1 N–H and O–H groups in total. The van der Waals surface area contributed by atoms with Gasteiger partial charge in [-0.1, -0.05) is 6.07 Å². The van der Waals surface area contributed by atoms with E-state index >= 15 is 0 Å². The van der Waals surface area contributed by atoms with E-state index in [9.17, 15) is 4.79 Å². The molecule has 0 radical (unpaired) electrons. The number of aromatic nitrogens is 2. The maximum atomic E-state index is 11.2. The Balaban J connectivity index is 2.38. The molecule has 0 unspecified atom stereocenters. The molecule has 0 saturated carbocycles. The van der Waals surface area contributed by atoms with Gasteiger partial charge in [-0.15, -0.1) is 0 Å². The minimum atomic E-state index is -1.05. The van der Waals surface area contributed by atoms with Crippen molar-refractivity contribution in [1.82, 2.24) is 9.38 Å². The van der Waals surface area contributed by atoms with Gasteiger partial charge in [0.2, 0.25) is 0 Å². The average molecular weight is 242 g/mol. The van der Waals surface area contributed by atoms with Gasteiger partial charge >= 0.3 is 5.97 Å². The van der Waals surface area contributed by atoms with E-state index in [-0.39, 0.29) is 5.69 Å². The summed E-state index contributed by atoms with van der Waals surface area (Å²) in [5, 5.41) is 9.16. The van der Waals surface area contributed by atoms with Gasteiger partial charge in [-0.3, -0.25) is 4.40 Å². The summed E-state index contributed by atoms with van der Waals surface area (Å²) in [4.78, 5) is 15.3. The van der Waals surface area contributed by atoms with Crippen LogP contribution < -0.4 is 0 Å². The van der Waals surface area contributed by atoms with Crippen molar-refractivity contribution in [3.63, 3.8) is 0 Å². The highest BCUT2D eigenvalue weighted by Gasteiger charge is 2.18. The number of carboxylic acid groups (broad SMARTS) is 1. The molecule has 0 spiro atoms. The Kier molecular flexibility index (Phi) is 2.19. The Labute approximate surface area is 102 Å². The fourth-order valence-corrected chi connectivity index (χ4v) is 1.93. The van der Waals surface area contributed by atoms with Crippen molar-refractivity contribution < 1.29 is 14.3 Å². The molecule has 0 aliphatic carbocycles. The molecule has 0 aliphatic rings. The number of aryl methyl sites for hydroxylation is 1. The first-order valence-corrected chi connectivity index (χ1v) is 5.42. The number of furan rings is 1. The largest absolute Gasteiger partial charge is 0.476 e. The third-order valence-corrected chi connectivity index (χ3v) is 2.73. The van der Waals surface area contributed by atoms with Crippen molar-refractivity contribution in [2.45, 2.75) is 6.92 Å². The lowest BCUT2D eigenvalue weighted by atomic mass is 10.2. The third-order valence-electron chi connectivity index (χ3n) is 2.73. The Bertz CT molecular complexity index is 726. The van der Waals surface area contributed by atoms with Gasteiger partial charge in [0, 0.05) is 6.20 Å². The van der Waals surface area contributed by atoms with E-state index in [1.54, 1.807) is 22.6 Å². The van der Waals surface area contributed by atoms with Gasteiger partial charge in [0.25, 0.3) is 0 Å². The van der Waals surface area contributed by atoms with Crippen LogP contribution in [-0.4, -0.2) is 20.5 Å². The highest BCUT2D eigenvalue weighted by Crippen LogP contribution is 2.23. The first-order chi connectivity index (χ1) is 8.66. The zero-order chi connectivity index (χ0) is 12.7. The predicted molar refractivity (Wildman–Crippen MR) is 64.6 cm³/mol. The van der Waals surface area contributed by atoms with Gasteiger partial charge in [0.15, 0.2) is 17.3 Å². The molecular formula is C13H10N2O3. The second-order valence-electron chi connectivity index (χ2n) is 4.03. The normalized spacial score (nSPS) is 10.9. The standard InChI is InChI=1S/C13H10N2O3/c1-8-4-5-9-11(13(16)17)14-12(15(9)7-8)10-3-2-6-18-10/h2-7H,1H3,(H,16,17). The number of rotatable bonds is 2. The number of pyridine rings is 1. The molecule has 0 atom stereocenters. The number of carboxylic acids is 1. The third kappa shape index (κ3) is 1.48. The van der Waals surface area contributed by atoms with Crippen LogP contribution in [0.1, 0.15) is 16.1 Å². The summed E-state index contributed by atoms with van der Waals surface area (Å²) in [5.41, 5.74) is 1.60. The number of imidazole rings is 1. The van der Waals surface area contributed by atoms with Crippen LogP contribution in [0.2, 0.25) is 0 Å². The summed E-state index contributed by atoms with van der Waals surface area (Å²) in [6.07, 6.45) is 3.37. The van der Waals surface area contributed by atoms with Crippen molar-refractivity contribution in [3.05, 3.63) is 48.0 Å². The van der Waals surface area contributed by atoms with Gasteiger partial charge in [-0.25, -0.2) is 9.78 Å². The lowest BCUT2D eigenvalue weighted by Gasteiger charge is -1.99. The maximum absolute atomic E-state index is 11.2. The fourth-order valence-electron chi connectivity index (χ4n) is 1.93. The fraction of sp³-hybridized carbons (Fsp3) is 0.0769. The number of hydrogen-bond donors (Lipinski definition) is 1. The van der Waals surface area contributed by atoms with Crippen molar-refractivity contribution >= 4 is 11.5 Å². The molecule has 0 bridgehead atoms. The average Bonchev–Trinajstić information content (AvgIpc) is 2.93. The highest BCUT2D eigenvalue weighted by molar-refractivity contribution is 5.94. The molecule has 0 fully saturated rings. The molecule has 5 heteroatoms. The lowest BCUT2D eigenvalue weighted by Crippen LogP contribution is -1.97. The molecule has 3 rings (SSSR count). The Morgan fingerprint density at radius 2 is 2.22 bits per heavy atom. The molecule has 18 heavy (non-hydrogen) atoms. The van der Waals surface area contributed by atoms with Crippen molar-refractivity contribution in [2.24, 2.45) is 0 Å². The Morgan fingerprint density at radius 3 is 2.89 bits per heavy atom. The smallest absolute Gasteiger partial charge is 0.356 e. The summed E-state index contributed by atoms with van der Waals surface area (Å²) in [7, 11) is 0. The first kappa shape index (κ1) is 10.6. The van der Waals surface area contributed by atoms with Crippen molar-refractivity contribution in [2.75, 3.05) is 0 Å². The van der Waals surface area contributed by atoms with E-state index in [0.717, 1.165) is 5.56 Å². The SMILES string of the molecule is Cc1ccc2c(C(=O)O)nc(-c3ccco3)n2c1. The van der Waals surface area contributed by atoms with Crippen LogP contribution in [0.15, 0.2) is 41.1 Å².